The van der Waals surface area contributed by atoms with Crippen molar-refractivity contribution in [3.05, 3.63) is 95.5 Å². The molecule has 0 aliphatic rings. The highest BCUT2D eigenvalue weighted by atomic mass is 79.9. The van der Waals surface area contributed by atoms with Gasteiger partial charge in [-0.15, -0.1) is 0 Å². The van der Waals surface area contributed by atoms with E-state index in [-0.39, 0.29) is 0 Å². The molecule has 2 nitrogen and oxygen atoms in total. The van der Waals surface area contributed by atoms with Gasteiger partial charge in [0.05, 0.1) is 11.2 Å². The van der Waals surface area contributed by atoms with E-state index in [0.29, 0.717) is 0 Å². The molecule has 0 aliphatic carbocycles. The molecule has 124 valence electrons. The van der Waals surface area contributed by atoms with E-state index in [0.717, 1.165) is 26.9 Å². The maximum absolute atomic E-state index is 5.02. The number of rotatable bonds is 2. The van der Waals surface area contributed by atoms with Crippen LogP contribution in [0.5, 0.6) is 0 Å². The van der Waals surface area contributed by atoms with Gasteiger partial charge in [-0.1, -0.05) is 82.7 Å². The molecule has 0 amide bonds. The number of nitrogens with zero attached hydrogens (tertiary/aromatic N) is 2. The normalized spacial score (nSPS) is 11.3. The zero-order chi connectivity index (χ0) is 17.5. The first kappa shape index (κ1) is 15.4. The molecule has 0 atom stereocenters. The van der Waals surface area contributed by atoms with Gasteiger partial charge < -0.3 is 0 Å². The van der Waals surface area contributed by atoms with Crippen molar-refractivity contribution in [2.24, 2.45) is 0 Å². The van der Waals surface area contributed by atoms with Gasteiger partial charge in [-0.2, -0.15) is 5.10 Å². The Hall–Kier alpha value is -2.91. The van der Waals surface area contributed by atoms with Gasteiger partial charge in [0.1, 0.15) is 5.69 Å². The smallest absolute Gasteiger partial charge is 0.101 e. The molecule has 0 radical (unpaired) electrons. The molecule has 1 heterocycles. The fourth-order valence-electron chi connectivity index (χ4n) is 3.49. The molecular weight excluding hydrogens is 384 g/mol. The Balaban J connectivity index is 1.92. The Kier molecular flexibility index (Phi) is 3.61. The highest BCUT2D eigenvalue weighted by Crippen LogP contribution is 2.35. The SMILES string of the molecule is Brc1cccc(-n2nc(-c3ccccc3)c3c4ccccc4ccc32)c1. The van der Waals surface area contributed by atoms with E-state index in [1.807, 2.05) is 22.9 Å². The fourth-order valence-corrected chi connectivity index (χ4v) is 3.88. The second-order valence-corrected chi connectivity index (χ2v) is 7.20. The summed E-state index contributed by atoms with van der Waals surface area (Å²) in [5, 5.41) is 8.66. The highest BCUT2D eigenvalue weighted by Gasteiger charge is 2.16. The summed E-state index contributed by atoms with van der Waals surface area (Å²) in [6, 6.07) is 31.5. The lowest BCUT2D eigenvalue weighted by Gasteiger charge is -2.05. The molecule has 0 spiro atoms. The van der Waals surface area contributed by atoms with Crippen molar-refractivity contribution in [3.8, 4) is 16.9 Å². The van der Waals surface area contributed by atoms with Crippen LogP contribution in [0.25, 0.3) is 38.6 Å². The van der Waals surface area contributed by atoms with E-state index in [9.17, 15) is 0 Å². The summed E-state index contributed by atoms with van der Waals surface area (Å²) >= 11 is 3.57. The summed E-state index contributed by atoms with van der Waals surface area (Å²) in [5.74, 6) is 0. The molecule has 5 rings (SSSR count). The monoisotopic (exact) mass is 398 g/mol. The molecule has 0 saturated heterocycles. The Labute approximate surface area is 159 Å². The molecule has 0 fully saturated rings. The number of hydrogen-bond donors (Lipinski definition) is 0. The predicted octanol–water partition coefficient (Wildman–Crippen LogP) is 6.61. The Morgan fingerprint density at radius 2 is 1.54 bits per heavy atom. The van der Waals surface area contributed by atoms with Crippen molar-refractivity contribution in [2.75, 3.05) is 0 Å². The summed E-state index contributed by atoms with van der Waals surface area (Å²) in [6.45, 7) is 0. The van der Waals surface area contributed by atoms with Gasteiger partial charge in [-0.3, -0.25) is 0 Å². The average Bonchev–Trinajstić information content (AvgIpc) is 3.09. The van der Waals surface area contributed by atoms with Crippen molar-refractivity contribution in [2.45, 2.75) is 0 Å². The standard InChI is InChI=1S/C23H15BrN2/c24-18-10-6-11-19(15-18)26-21-14-13-16-7-4-5-12-20(16)22(21)23(25-26)17-8-2-1-3-9-17/h1-15H. The van der Waals surface area contributed by atoms with Crippen LogP contribution in [0.1, 0.15) is 0 Å². The molecule has 1 aromatic heterocycles. The van der Waals surface area contributed by atoms with Crippen molar-refractivity contribution in [3.63, 3.8) is 0 Å². The van der Waals surface area contributed by atoms with Gasteiger partial charge in [0.15, 0.2) is 0 Å². The van der Waals surface area contributed by atoms with E-state index >= 15 is 0 Å². The van der Waals surface area contributed by atoms with E-state index in [4.69, 9.17) is 5.10 Å². The van der Waals surface area contributed by atoms with Crippen molar-refractivity contribution >= 4 is 37.6 Å². The van der Waals surface area contributed by atoms with Gasteiger partial charge in [-0.05, 0) is 35.0 Å². The van der Waals surface area contributed by atoms with Crippen LogP contribution in [0.3, 0.4) is 0 Å². The van der Waals surface area contributed by atoms with Gasteiger partial charge in [-0.25, -0.2) is 4.68 Å². The van der Waals surface area contributed by atoms with Crippen LogP contribution in [0, 0.1) is 0 Å². The summed E-state index contributed by atoms with van der Waals surface area (Å²) < 4.78 is 3.08. The van der Waals surface area contributed by atoms with Crippen LogP contribution >= 0.6 is 15.9 Å². The topological polar surface area (TPSA) is 17.8 Å². The second-order valence-electron chi connectivity index (χ2n) is 6.29. The Bertz CT molecular complexity index is 1240. The lowest BCUT2D eigenvalue weighted by molar-refractivity contribution is 0.914. The molecule has 0 N–H and O–H groups in total. The van der Waals surface area contributed by atoms with Crippen molar-refractivity contribution in [1.29, 1.82) is 0 Å². The molecule has 0 unspecified atom stereocenters. The lowest BCUT2D eigenvalue weighted by atomic mass is 10.0. The second kappa shape index (κ2) is 6.11. The van der Waals surface area contributed by atoms with Crippen LogP contribution in [-0.4, -0.2) is 9.78 Å². The molecule has 0 aliphatic heterocycles. The predicted molar refractivity (Wildman–Crippen MR) is 112 cm³/mol. The molecule has 26 heavy (non-hydrogen) atoms. The summed E-state index contributed by atoms with van der Waals surface area (Å²) in [6.07, 6.45) is 0. The third-order valence-corrected chi connectivity index (χ3v) is 5.17. The van der Waals surface area contributed by atoms with E-state index in [1.165, 1.54) is 16.2 Å². The fraction of sp³-hybridized carbons (Fsp3) is 0. The first-order valence-electron chi connectivity index (χ1n) is 8.53. The first-order chi connectivity index (χ1) is 12.8. The third kappa shape index (κ3) is 2.44. The lowest BCUT2D eigenvalue weighted by Crippen LogP contribution is -1.96. The number of aromatic nitrogens is 2. The third-order valence-electron chi connectivity index (χ3n) is 4.67. The van der Waals surface area contributed by atoms with Gasteiger partial charge in [0, 0.05) is 15.4 Å². The average molecular weight is 399 g/mol. The molecule has 5 aromatic rings. The summed E-state index contributed by atoms with van der Waals surface area (Å²) in [4.78, 5) is 0. The molecular formula is C23H15BrN2. The number of fused-ring (bicyclic) bond motifs is 3. The van der Waals surface area contributed by atoms with Gasteiger partial charge >= 0.3 is 0 Å². The largest absolute Gasteiger partial charge is 0.232 e. The highest BCUT2D eigenvalue weighted by molar-refractivity contribution is 9.10. The van der Waals surface area contributed by atoms with Crippen LogP contribution in [0.4, 0.5) is 0 Å². The van der Waals surface area contributed by atoms with Crippen molar-refractivity contribution in [1.82, 2.24) is 9.78 Å². The summed E-state index contributed by atoms with van der Waals surface area (Å²) in [7, 11) is 0. The van der Waals surface area contributed by atoms with Crippen molar-refractivity contribution < 1.29 is 0 Å². The van der Waals surface area contributed by atoms with E-state index < -0.39 is 0 Å². The summed E-state index contributed by atoms with van der Waals surface area (Å²) in [5.41, 5.74) is 4.29. The minimum absolute atomic E-state index is 1.01. The maximum Gasteiger partial charge on any atom is 0.101 e. The van der Waals surface area contributed by atoms with Gasteiger partial charge in [0.25, 0.3) is 0 Å². The van der Waals surface area contributed by atoms with Crippen LogP contribution in [0.15, 0.2) is 95.5 Å². The van der Waals surface area contributed by atoms with E-state index in [1.54, 1.807) is 0 Å². The van der Waals surface area contributed by atoms with Crippen LogP contribution in [-0.2, 0) is 0 Å². The molecule has 3 heteroatoms. The first-order valence-corrected chi connectivity index (χ1v) is 9.32. The molecule has 0 bridgehead atoms. The zero-order valence-corrected chi connectivity index (χ0v) is 15.5. The molecule has 4 aromatic carbocycles. The van der Waals surface area contributed by atoms with Crippen LogP contribution in [0.2, 0.25) is 0 Å². The number of hydrogen-bond acceptors (Lipinski definition) is 1. The Morgan fingerprint density at radius 3 is 2.38 bits per heavy atom. The maximum atomic E-state index is 5.02. The molecule has 0 saturated carbocycles. The van der Waals surface area contributed by atoms with Crippen LogP contribution < -0.4 is 0 Å². The number of halogens is 1. The Morgan fingerprint density at radius 1 is 0.731 bits per heavy atom. The van der Waals surface area contributed by atoms with E-state index in [2.05, 4.69) is 88.7 Å². The quantitative estimate of drug-likeness (QED) is 0.327. The zero-order valence-electron chi connectivity index (χ0n) is 13.9. The minimum atomic E-state index is 1.01. The minimum Gasteiger partial charge on any atom is -0.232 e. The van der Waals surface area contributed by atoms with Gasteiger partial charge in [0.2, 0.25) is 0 Å². The number of benzene rings is 4.